The van der Waals surface area contributed by atoms with Gasteiger partial charge in [-0.1, -0.05) is 27.2 Å². The van der Waals surface area contributed by atoms with E-state index in [1.165, 1.54) is 19.3 Å². The van der Waals surface area contributed by atoms with Gasteiger partial charge < -0.3 is 10.6 Å². The fourth-order valence-electron chi connectivity index (χ4n) is 2.62. The van der Waals surface area contributed by atoms with E-state index in [1.54, 1.807) is 0 Å². The largest absolute Gasteiger partial charge is 0.355 e. The lowest BCUT2D eigenvalue weighted by molar-refractivity contribution is -0.120. The average Bonchev–Trinajstić information content (AvgIpc) is 2.25. The van der Waals surface area contributed by atoms with Gasteiger partial charge in [-0.15, -0.1) is 0 Å². The van der Waals surface area contributed by atoms with Gasteiger partial charge in [0, 0.05) is 12.6 Å². The molecule has 1 aliphatic rings. The van der Waals surface area contributed by atoms with Crippen LogP contribution in [0.25, 0.3) is 0 Å². The molecule has 2 atom stereocenters. The highest BCUT2D eigenvalue weighted by molar-refractivity contribution is 5.77. The van der Waals surface area contributed by atoms with E-state index in [9.17, 15) is 4.79 Å². The van der Waals surface area contributed by atoms with Crippen LogP contribution < -0.4 is 10.6 Å². The Balaban J connectivity index is 2.26. The summed E-state index contributed by atoms with van der Waals surface area (Å²) in [5, 5.41) is 6.32. The smallest absolute Gasteiger partial charge is 0.233 e. The molecule has 0 bridgehead atoms. The highest BCUT2D eigenvalue weighted by Gasteiger charge is 2.27. The van der Waals surface area contributed by atoms with Crippen molar-refractivity contribution in [2.75, 3.05) is 13.1 Å². The monoisotopic (exact) mass is 226 g/mol. The normalized spacial score (nSPS) is 30.1. The summed E-state index contributed by atoms with van der Waals surface area (Å²) in [5.41, 5.74) is 0. The first-order chi connectivity index (χ1) is 7.65. The van der Waals surface area contributed by atoms with E-state index in [2.05, 4.69) is 31.4 Å². The Bertz CT molecular complexity index is 208. The molecule has 1 amide bonds. The van der Waals surface area contributed by atoms with Crippen molar-refractivity contribution in [3.63, 3.8) is 0 Å². The Morgan fingerprint density at radius 3 is 2.44 bits per heavy atom. The van der Waals surface area contributed by atoms with Crippen LogP contribution in [0.15, 0.2) is 0 Å². The zero-order valence-corrected chi connectivity index (χ0v) is 10.9. The summed E-state index contributed by atoms with van der Waals surface area (Å²) in [7, 11) is 0. The number of carbonyl (C=O) groups is 1. The molecule has 0 spiro atoms. The van der Waals surface area contributed by atoms with Crippen LogP contribution in [0.5, 0.6) is 0 Å². The Labute approximate surface area is 99.4 Å². The van der Waals surface area contributed by atoms with Gasteiger partial charge >= 0.3 is 0 Å². The SMILES string of the molecule is CCCNC(=O)CNC1C(C)CCCC1C. The highest BCUT2D eigenvalue weighted by Crippen LogP contribution is 2.28. The number of hydrogen-bond donors (Lipinski definition) is 2. The van der Waals surface area contributed by atoms with Crippen molar-refractivity contribution in [1.82, 2.24) is 10.6 Å². The van der Waals surface area contributed by atoms with Gasteiger partial charge in [-0.3, -0.25) is 4.79 Å². The first-order valence-corrected chi connectivity index (χ1v) is 6.65. The molecule has 0 heterocycles. The van der Waals surface area contributed by atoms with E-state index in [0.29, 0.717) is 24.4 Å². The minimum atomic E-state index is 0.131. The Kier molecular flexibility index (Phi) is 5.81. The van der Waals surface area contributed by atoms with E-state index in [1.807, 2.05) is 0 Å². The zero-order valence-electron chi connectivity index (χ0n) is 10.9. The van der Waals surface area contributed by atoms with Crippen molar-refractivity contribution in [3.8, 4) is 0 Å². The predicted molar refractivity (Wildman–Crippen MR) is 67.3 cm³/mol. The lowest BCUT2D eigenvalue weighted by atomic mass is 9.79. The molecule has 1 aliphatic carbocycles. The quantitative estimate of drug-likeness (QED) is 0.752. The maximum absolute atomic E-state index is 11.5. The fourth-order valence-corrected chi connectivity index (χ4v) is 2.62. The average molecular weight is 226 g/mol. The van der Waals surface area contributed by atoms with Gasteiger partial charge in [-0.2, -0.15) is 0 Å². The fraction of sp³-hybridized carbons (Fsp3) is 0.923. The minimum absolute atomic E-state index is 0.131. The van der Waals surface area contributed by atoms with Crippen LogP contribution in [-0.2, 0) is 4.79 Å². The lowest BCUT2D eigenvalue weighted by Gasteiger charge is -2.35. The molecule has 0 saturated heterocycles. The number of nitrogens with one attached hydrogen (secondary N) is 2. The maximum atomic E-state index is 11.5. The van der Waals surface area contributed by atoms with Crippen LogP contribution in [0.4, 0.5) is 0 Å². The number of hydrogen-bond acceptors (Lipinski definition) is 2. The summed E-state index contributed by atoms with van der Waals surface area (Å²) in [6, 6.07) is 0.515. The van der Waals surface area contributed by atoms with E-state index in [-0.39, 0.29) is 5.91 Å². The topological polar surface area (TPSA) is 41.1 Å². The molecule has 0 aromatic rings. The summed E-state index contributed by atoms with van der Waals surface area (Å²) in [6.45, 7) is 7.91. The van der Waals surface area contributed by atoms with Crippen molar-refractivity contribution in [3.05, 3.63) is 0 Å². The summed E-state index contributed by atoms with van der Waals surface area (Å²) in [5.74, 6) is 1.53. The van der Waals surface area contributed by atoms with E-state index >= 15 is 0 Å². The number of carbonyl (C=O) groups excluding carboxylic acids is 1. The molecular weight excluding hydrogens is 200 g/mol. The van der Waals surface area contributed by atoms with Crippen LogP contribution in [0.3, 0.4) is 0 Å². The predicted octanol–water partition coefficient (Wildman–Crippen LogP) is 1.93. The van der Waals surface area contributed by atoms with Crippen molar-refractivity contribution < 1.29 is 4.79 Å². The van der Waals surface area contributed by atoms with Crippen molar-refractivity contribution in [2.24, 2.45) is 11.8 Å². The van der Waals surface area contributed by atoms with Gasteiger partial charge in [0.1, 0.15) is 0 Å². The van der Waals surface area contributed by atoms with Gasteiger partial charge in [0.15, 0.2) is 0 Å². The molecule has 1 saturated carbocycles. The summed E-state index contributed by atoms with van der Waals surface area (Å²) in [6.07, 6.45) is 4.92. The van der Waals surface area contributed by atoms with Gasteiger partial charge in [0.05, 0.1) is 6.54 Å². The maximum Gasteiger partial charge on any atom is 0.233 e. The van der Waals surface area contributed by atoms with Crippen LogP contribution in [0, 0.1) is 11.8 Å². The molecule has 1 rings (SSSR count). The molecule has 94 valence electrons. The molecule has 2 unspecified atom stereocenters. The third kappa shape index (κ3) is 4.12. The van der Waals surface area contributed by atoms with Crippen molar-refractivity contribution in [2.45, 2.75) is 52.5 Å². The Morgan fingerprint density at radius 1 is 1.25 bits per heavy atom. The molecule has 0 aliphatic heterocycles. The van der Waals surface area contributed by atoms with Gasteiger partial charge in [0.2, 0.25) is 5.91 Å². The molecule has 0 aromatic carbocycles. The first-order valence-electron chi connectivity index (χ1n) is 6.65. The second kappa shape index (κ2) is 6.89. The van der Waals surface area contributed by atoms with E-state index < -0.39 is 0 Å². The zero-order chi connectivity index (χ0) is 12.0. The Morgan fingerprint density at radius 2 is 1.88 bits per heavy atom. The highest BCUT2D eigenvalue weighted by atomic mass is 16.1. The van der Waals surface area contributed by atoms with Crippen LogP contribution >= 0.6 is 0 Å². The molecular formula is C13H26N2O. The molecule has 1 fully saturated rings. The third-order valence-corrected chi connectivity index (χ3v) is 3.62. The standard InChI is InChI=1S/C13H26N2O/c1-4-8-14-12(16)9-15-13-10(2)6-5-7-11(13)3/h10-11,13,15H,4-9H2,1-3H3,(H,14,16). The van der Waals surface area contributed by atoms with E-state index in [4.69, 9.17) is 0 Å². The number of amides is 1. The molecule has 3 heteroatoms. The summed E-state index contributed by atoms with van der Waals surface area (Å²) < 4.78 is 0. The lowest BCUT2D eigenvalue weighted by Crippen LogP contribution is -2.47. The molecule has 16 heavy (non-hydrogen) atoms. The van der Waals surface area contributed by atoms with E-state index in [0.717, 1.165) is 13.0 Å². The van der Waals surface area contributed by atoms with Crippen LogP contribution in [0.1, 0.15) is 46.5 Å². The summed E-state index contributed by atoms with van der Waals surface area (Å²) >= 11 is 0. The molecule has 0 aromatic heterocycles. The minimum Gasteiger partial charge on any atom is -0.355 e. The third-order valence-electron chi connectivity index (χ3n) is 3.62. The molecule has 3 nitrogen and oxygen atoms in total. The summed E-state index contributed by atoms with van der Waals surface area (Å²) in [4.78, 5) is 11.5. The van der Waals surface area contributed by atoms with Gasteiger partial charge in [0.25, 0.3) is 0 Å². The van der Waals surface area contributed by atoms with Crippen LogP contribution in [0.2, 0.25) is 0 Å². The Hall–Kier alpha value is -0.570. The first kappa shape index (κ1) is 13.5. The van der Waals surface area contributed by atoms with Crippen molar-refractivity contribution >= 4 is 5.91 Å². The van der Waals surface area contributed by atoms with Gasteiger partial charge in [-0.05, 0) is 31.1 Å². The second-order valence-corrected chi connectivity index (χ2v) is 5.14. The van der Waals surface area contributed by atoms with Gasteiger partial charge in [-0.25, -0.2) is 0 Å². The van der Waals surface area contributed by atoms with Crippen molar-refractivity contribution in [1.29, 1.82) is 0 Å². The number of rotatable bonds is 5. The molecule has 2 N–H and O–H groups in total. The second-order valence-electron chi connectivity index (χ2n) is 5.14. The van der Waals surface area contributed by atoms with Crippen LogP contribution in [-0.4, -0.2) is 25.0 Å². The molecule has 0 radical (unpaired) electrons.